The number of benzene rings is 1. The maximum atomic E-state index is 12.3. The smallest absolute Gasteiger partial charge is 0.339 e. The molecule has 1 heterocycles. The molecule has 1 atom stereocenters. The molecule has 0 unspecified atom stereocenters. The number of amides is 2. The lowest BCUT2D eigenvalue weighted by Crippen LogP contribution is -2.31. The van der Waals surface area contributed by atoms with Crippen LogP contribution < -0.4 is 0 Å². The number of ether oxygens (including phenoxy) is 2. The van der Waals surface area contributed by atoms with Gasteiger partial charge in [0.15, 0.2) is 6.10 Å². The summed E-state index contributed by atoms with van der Waals surface area (Å²) >= 11 is 0. The van der Waals surface area contributed by atoms with E-state index in [1.807, 2.05) is 0 Å². The molecule has 0 saturated heterocycles. The Bertz CT molecular complexity index is 692. The van der Waals surface area contributed by atoms with Gasteiger partial charge in [-0.25, -0.2) is 4.79 Å². The first-order valence-electron chi connectivity index (χ1n) is 7.09. The van der Waals surface area contributed by atoms with Crippen molar-refractivity contribution >= 4 is 17.8 Å². The van der Waals surface area contributed by atoms with Gasteiger partial charge in [0.25, 0.3) is 11.8 Å². The van der Waals surface area contributed by atoms with Crippen LogP contribution in [0.5, 0.6) is 0 Å². The zero-order valence-corrected chi connectivity index (χ0v) is 12.9. The van der Waals surface area contributed by atoms with Gasteiger partial charge in [-0.2, -0.15) is 5.26 Å². The van der Waals surface area contributed by atoms with E-state index >= 15 is 0 Å². The molecule has 23 heavy (non-hydrogen) atoms. The van der Waals surface area contributed by atoms with Crippen LogP contribution >= 0.6 is 0 Å². The van der Waals surface area contributed by atoms with E-state index in [0.29, 0.717) is 13.0 Å². The summed E-state index contributed by atoms with van der Waals surface area (Å²) in [5, 5.41) is 8.66. The number of carbonyl (C=O) groups excluding carboxylic acids is 3. The highest BCUT2D eigenvalue weighted by molar-refractivity contribution is 6.21. The highest BCUT2D eigenvalue weighted by Crippen LogP contribution is 2.24. The number of rotatable bonds is 6. The van der Waals surface area contributed by atoms with Crippen molar-refractivity contribution in [3.63, 3.8) is 0 Å². The van der Waals surface area contributed by atoms with Gasteiger partial charge in [0.2, 0.25) is 0 Å². The Kier molecular flexibility index (Phi) is 5.09. The van der Waals surface area contributed by atoms with Crippen molar-refractivity contribution in [2.75, 3.05) is 20.3 Å². The third kappa shape index (κ3) is 3.38. The summed E-state index contributed by atoms with van der Waals surface area (Å²) in [6.07, 6.45) is -0.352. The number of fused-ring (bicyclic) bond motifs is 1. The van der Waals surface area contributed by atoms with Crippen molar-refractivity contribution in [3.8, 4) is 6.07 Å². The summed E-state index contributed by atoms with van der Waals surface area (Å²) in [5.74, 6) is -1.53. The standard InChI is InChI=1S/C16H16N2O5/c1-10(9-17)23-16(21)11-4-5-12-13(8-11)15(20)18(14(12)19)6-3-7-22-2/h4-5,8,10H,3,6-7H2,1-2H3/t10-/m0/s1. The first-order valence-corrected chi connectivity index (χ1v) is 7.09. The molecule has 7 nitrogen and oxygen atoms in total. The molecule has 7 heteroatoms. The van der Waals surface area contributed by atoms with Gasteiger partial charge >= 0.3 is 5.97 Å². The molecular formula is C16H16N2O5. The van der Waals surface area contributed by atoms with Crippen LogP contribution in [0.1, 0.15) is 44.4 Å². The number of nitrogens with zero attached hydrogens (tertiary/aromatic N) is 2. The fourth-order valence-corrected chi connectivity index (χ4v) is 2.24. The lowest BCUT2D eigenvalue weighted by atomic mass is 10.1. The third-order valence-electron chi connectivity index (χ3n) is 3.40. The van der Waals surface area contributed by atoms with Crippen LogP contribution in [-0.4, -0.2) is 49.0 Å². The van der Waals surface area contributed by atoms with E-state index < -0.39 is 18.0 Å². The molecule has 0 aliphatic carbocycles. The van der Waals surface area contributed by atoms with Gasteiger partial charge in [0, 0.05) is 20.3 Å². The van der Waals surface area contributed by atoms with Gasteiger partial charge in [0.05, 0.1) is 16.7 Å². The number of hydrogen-bond donors (Lipinski definition) is 0. The number of carbonyl (C=O) groups is 3. The van der Waals surface area contributed by atoms with Crippen LogP contribution in [0.2, 0.25) is 0 Å². The normalized spacial score (nSPS) is 14.4. The van der Waals surface area contributed by atoms with Crippen LogP contribution in [0.15, 0.2) is 18.2 Å². The molecule has 1 aromatic rings. The lowest BCUT2D eigenvalue weighted by Gasteiger charge is -2.12. The second-order valence-corrected chi connectivity index (χ2v) is 5.05. The minimum Gasteiger partial charge on any atom is -0.444 e. The maximum absolute atomic E-state index is 12.3. The lowest BCUT2D eigenvalue weighted by molar-refractivity contribution is 0.0435. The van der Waals surface area contributed by atoms with Gasteiger partial charge in [-0.1, -0.05) is 0 Å². The van der Waals surface area contributed by atoms with E-state index in [1.54, 1.807) is 13.2 Å². The average molecular weight is 316 g/mol. The average Bonchev–Trinajstić information content (AvgIpc) is 2.79. The SMILES string of the molecule is COCCCN1C(=O)c2ccc(C(=O)O[C@@H](C)C#N)cc2C1=O. The van der Waals surface area contributed by atoms with E-state index in [-0.39, 0.29) is 29.1 Å². The first-order chi connectivity index (χ1) is 11.0. The maximum Gasteiger partial charge on any atom is 0.339 e. The highest BCUT2D eigenvalue weighted by Gasteiger charge is 2.35. The predicted molar refractivity (Wildman–Crippen MR) is 78.8 cm³/mol. The Morgan fingerprint density at radius 2 is 2.00 bits per heavy atom. The second kappa shape index (κ2) is 7.03. The van der Waals surface area contributed by atoms with Crippen LogP contribution in [0, 0.1) is 11.3 Å². The summed E-state index contributed by atoms with van der Waals surface area (Å²) in [6, 6.07) is 5.96. The summed E-state index contributed by atoms with van der Waals surface area (Å²) in [5.41, 5.74) is 0.564. The van der Waals surface area contributed by atoms with E-state index in [4.69, 9.17) is 14.7 Å². The van der Waals surface area contributed by atoms with Crippen LogP contribution in [0.4, 0.5) is 0 Å². The fraction of sp³-hybridized carbons (Fsp3) is 0.375. The van der Waals surface area contributed by atoms with Gasteiger partial charge in [-0.15, -0.1) is 0 Å². The van der Waals surface area contributed by atoms with Crippen LogP contribution in [0.3, 0.4) is 0 Å². The highest BCUT2D eigenvalue weighted by atomic mass is 16.5. The Morgan fingerprint density at radius 3 is 2.65 bits per heavy atom. The molecule has 1 aromatic carbocycles. The van der Waals surface area contributed by atoms with Crippen molar-refractivity contribution in [2.45, 2.75) is 19.4 Å². The zero-order valence-electron chi connectivity index (χ0n) is 12.9. The zero-order chi connectivity index (χ0) is 17.0. The number of hydrogen-bond acceptors (Lipinski definition) is 6. The van der Waals surface area contributed by atoms with Crippen molar-refractivity contribution in [1.82, 2.24) is 4.90 Å². The Balaban J connectivity index is 2.20. The van der Waals surface area contributed by atoms with Crippen LogP contribution in [-0.2, 0) is 9.47 Å². The van der Waals surface area contributed by atoms with Gasteiger partial charge in [-0.05, 0) is 31.5 Å². The van der Waals surface area contributed by atoms with Crippen molar-refractivity contribution in [2.24, 2.45) is 0 Å². The predicted octanol–water partition coefficient (Wildman–Crippen LogP) is 1.39. The number of methoxy groups -OCH3 is 1. The summed E-state index contributed by atoms with van der Waals surface area (Å²) in [4.78, 5) is 37.6. The molecule has 2 rings (SSSR count). The van der Waals surface area contributed by atoms with Gasteiger partial charge in [0.1, 0.15) is 6.07 Å². The third-order valence-corrected chi connectivity index (χ3v) is 3.40. The molecule has 0 radical (unpaired) electrons. The number of imide groups is 1. The van der Waals surface area contributed by atoms with E-state index in [2.05, 4.69) is 0 Å². The van der Waals surface area contributed by atoms with Crippen molar-refractivity contribution < 1.29 is 23.9 Å². The Hall–Kier alpha value is -2.72. The molecule has 1 aliphatic rings. The number of nitriles is 1. The molecule has 1 aliphatic heterocycles. The van der Waals surface area contributed by atoms with Crippen molar-refractivity contribution in [3.05, 3.63) is 34.9 Å². The fourth-order valence-electron chi connectivity index (χ4n) is 2.24. The minimum atomic E-state index is -0.890. The quantitative estimate of drug-likeness (QED) is 0.447. The number of esters is 1. The van der Waals surface area contributed by atoms with E-state index in [9.17, 15) is 14.4 Å². The molecule has 120 valence electrons. The summed E-state index contributed by atoms with van der Waals surface area (Å²) in [7, 11) is 1.54. The Morgan fingerprint density at radius 1 is 1.30 bits per heavy atom. The van der Waals surface area contributed by atoms with E-state index in [1.165, 1.54) is 25.1 Å². The first kappa shape index (κ1) is 16.6. The Labute approximate surface area is 133 Å². The molecular weight excluding hydrogens is 300 g/mol. The monoisotopic (exact) mass is 316 g/mol. The molecule has 0 fully saturated rings. The van der Waals surface area contributed by atoms with Crippen LogP contribution in [0.25, 0.3) is 0 Å². The molecule has 0 N–H and O–H groups in total. The summed E-state index contributed by atoms with van der Waals surface area (Å²) in [6.45, 7) is 2.14. The van der Waals surface area contributed by atoms with E-state index in [0.717, 1.165) is 4.90 Å². The molecule has 2 amide bonds. The van der Waals surface area contributed by atoms with Gasteiger partial charge in [-0.3, -0.25) is 14.5 Å². The summed E-state index contributed by atoms with van der Waals surface area (Å²) < 4.78 is 9.80. The molecule has 0 bridgehead atoms. The largest absolute Gasteiger partial charge is 0.444 e. The molecule has 0 aromatic heterocycles. The topological polar surface area (TPSA) is 96.7 Å². The minimum absolute atomic E-state index is 0.130. The molecule has 0 spiro atoms. The molecule has 0 saturated carbocycles. The van der Waals surface area contributed by atoms with Gasteiger partial charge < -0.3 is 9.47 Å². The second-order valence-electron chi connectivity index (χ2n) is 5.05. The van der Waals surface area contributed by atoms with Crippen molar-refractivity contribution in [1.29, 1.82) is 5.26 Å².